The minimum absolute atomic E-state index is 0.336. The Balaban J connectivity index is 2.11. The van der Waals surface area contributed by atoms with Crippen molar-refractivity contribution in [3.05, 3.63) is 0 Å². The lowest BCUT2D eigenvalue weighted by Crippen LogP contribution is -2.60. The third-order valence-corrected chi connectivity index (χ3v) is 3.68. The van der Waals surface area contributed by atoms with Gasteiger partial charge >= 0.3 is 0 Å². The van der Waals surface area contributed by atoms with Gasteiger partial charge in [0.2, 0.25) is 0 Å². The van der Waals surface area contributed by atoms with E-state index in [1.54, 1.807) is 0 Å². The van der Waals surface area contributed by atoms with Crippen molar-refractivity contribution in [3.63, 3.8) is 0 Å². The number of nitrogens with one attached hydrogen (secondary N) is 1. The summed E-state index contributed by atoms with van der Waals surface area (Å²) in [6, 6.07) is 0.763. The number of hydrogen-bond donors (Lipinski definition) is 1. The molecule has 82 valence electrons. The fourth-order valence-electron chi connectivity index (χ4n) is 2.82. The molecule has 2 heterocycles. The molecule has 1 N–H and O–H groups in total. The summed E-state index contributed by atoms with van der Waals surface area (Å²) in [5, 5.41) is 3.55. The van der Waals surface area contributed by atoms with Crippen molar-refractivity contribution in [1.29, 1.82) is 0 Å². The van der Waals surface area contributed by atoms with Crippen LogP contribution in [0.5, 0.6) is 0 Å². The van der Waals surface area contributed by atoms with Crippen molar-refractivity contribution in [3.8, 4) is 0 Å². The molecule has 3 nitrogen and oxygen atoms in total. The lowest BCUT2D eigenvalue weighted by molar-refractivity contribution is 0.0196. The van der Waals surface area contributed by atoms with E-state index in [0.717, 1.165) is 12.6 Å². The molecule has 2 aliphatic heterocycles. The molecule has 0 amide bonds. The summed E-state index contributed by atoms with van der Waals surface area (Å²) in [6.45, 7) is 10.7. The van der Waals surface area contributed by atoms with Gasteiger partial charge in [-0.3, -0.25) is 4.90 Å². The summed E-state index contributed by atoms with van der Waals surface area (Å²) in [6.07, 6.45) is 1.30. The van der Waals surface area contributed by atoms with Crippen molar-refractivity contribution in [2.45, 2.75) is 31.8 Å². The molecule has 2 saturated heterocycles. The maximum Gasteiger partial charge on any atom is 0.0281 e. The lowest BCUT2D eigenvalue weighted by atomic mass is 9.98. The maximum absolute atomic E-state index is 3.55. The smallest absolute Gasteiger partial charge is 0.0281 e. The number of fused-ring (bicyclic) bond motifs is 1. The molecule has 1 unspecified atom stereocenters. The summed E-state index contributed by atoms with van der Waals surface area (Å²) in [7, 11) is 2.24. The zero-order valence-corrected chi connectivity index (χ0v) is 9.71. The predicted molar refractivity (Wildman–Crippen MR) is 59.6 cm³/mol. The maximum atomic E-state index is 3.55. The van der Waals surface area contributed by atoms with Crippen LogP contribution in [0.4, 0.5) is 0 Å². The minimum atomic E-state index is 0.336. The van der Waals surface area contributed by atoms with E-state index >= 15 is 0 Å². The van der Waals surface area contributed by atoms with Crippen LogP contribution in [0.2, 0.25) is 0 Å². The molecule has 0 aliphatic carbocycles. The van der Waals surface area contributed by atoms with Gasteiger partial charge in [-0.25, -0.2) is 0 Å². The van der Waals surface area contributed by atoms with E-state index in [1.807, 2.05) is 0 Å². The molecule has 0 spiro atoms. The average Bonchev–Trinajstić information content (AvgIpc) is 2.25. The van der Waals surface area contributed by atoms with Gasteiger partial charge in [0.05, 0.1) is 0 Å². The van der Waals surface area contributed by atoms with Crippen LogP contribution in [0.1, 0.15) is 20.3 Å². The van der Waals surface area contributed by atoms with Crippen molar-refractivity contribution in [2.75, 3.05) is 39.8 Å². The largest absolute Gasteiger partial charge is 0.315 e. The van der Waals surface area contributed by atoms with Gasteiger partial charge in [0.15, 0.2) is 0 Å². The third kappa shape index (κ3) is 1.95. The van der Waals surface area contributed by atoms with Gasteiger partial charge in [-0.1, -0.05) is 0 Å². The Morgan fingerprint density at radius 1 is 1.29 bits per heavy atom. The van der Waals surface area contributed by atoms with Crippen LogP contribution in [0, 0.1) is 0 Å². The summed E-state index contributed by atoms with van der Waals surface area (Å²) in [5.41, 5.74) is 0.336. The minimum Gasteiger partial charge on any atom is -0.315 e. The first kappa shape index (κ1) is 10.4. The van der Waals surface area contributed by atoms with E-state index in [-0.39, 0.29) is 0 Å². The van der Waals surface area contributed by atoms with Crippen LogP contribution in [0.15, 0.2) is 0 Å². The molecule has 14 heavy (non-hydrogen) atoms. The molecule has 0 bridgehead atoms. The van der Waals surface area contributed by atoms with Gasteiger partial charge in [-0.15, -0.1) is 0 Å². The molecule has 0 saturated carbocycles. The number of likely N-dealkylation sites (N-methyl/N-ethyl adjacent to an activating group) is 1. The highest BCUT2D eigenvalue weighted by Crippen LogP contribution is 2.24. The first-order valence-electron chi connectivity index (χ1n) is 5.75. The normalized spacial score (nSPS) is 34.9. The van der Waals surface area contributed by atoms with Crippen molar-refractivity contribution in [2.24, 2.45) is 0 Å². The molecule has 1 atom stereocenters. The molecular formula is C11H23N3. The van der Waals surface area contributed by atoms with Crippen molar-refractivity contribution in [1.82, 2.24) is 15.1 Å². The molecule has 2 rings (SSSR count). The SMILES string of the molecule is CN1CCN2C(CCNCC2(C)C)C1. The standard InChI is InChI=1S/C11H23N3/c1-11(2)9-12-5-4-10-8-13(3)6-7-14(10)11/h10,12H,4-9H2,1-3H3. The summed E-state index contributed by atoms with van der Waals surface area (Å²) < 4.78 is 0. The highest BCUT2D eigenvalue weighted by Gasteiger charge is 2.36. The topological polar surface area (TPSA) is 18.5 Å². The summed E-state index contributed by atoms with van der Waals surface area (Å²) in [4.78, 5) is 5.16. The summed E-state index contributed by atoms with van der Waals surface area (Å²) in [5.74, 6) is 0. The zero-order chi connectivity index (χ0) is 10.2. The fraction of sp³-hybridized carbons (Fsp3) is 1.00. The monoisotopic (exact) mass is 197 g/mol. The molecule has 0 aromatic carbocycles. The van der Waals surface area contributed by atoms with E-state index < -0.39 is 0 Å². The predicted octanol–water partition coefficient (Wildman–Crippen LogP) is 0.374. The van der Waals surface area contributed by atoms with Gasteiger partial charge in [-0.05, 0) is 33.9 Å². The van der Waals surface area contributed by atoms with E-state index in [1.165, 1.54) is 32.6 Å². The molecule has 0 aromatic heterocycles. The number of rotatable bonds is 0. The Kier molecular flexibility index (Phi) is 2.82. The molecular weight excluding hydrogens is 174 g/mol. The van der Waals surface area contributed by atoms with Gasteiger partial charge in [0, 0.05) is 37.8 Å². The van der Waals surface area contributed by atoms with Crippen molar-refractivity contribution >= 4 is 0 Å². The van der Waals surface area contributed by atoms with E-state index in [0.29, 0.717) is 5.54 Å². The molecule has 0 aromatic rings. The number of piperazine rings is 1. The Morgan fingerprint density at radius 2 is 2.07 bits per heavy atom. The third-order valence-electron chi connectivity index (χ3n) is 3.68. The van der Waals surface area contributed by atoms with Crippen molar-refractivity contribution < 1.29 is 0 Å². The molecule has 2 fully saturated rings. The van der Waals surface area contributed by atoms with Crippen LogP contribution in [-0.4, -0.2) is 61.2 Å². The van der Waals surface area contributed by atoms with E-state index in [9.17, 15) is 0 Å². The van der Waals surface area contributed by atoms with Gasteiger partial charge in [0.25, 0.3) is 0 Å². The zero-order valence-electron chi connectivity index (χ0n) is 9.71. The second-order valence-corrected chi connectivity index (χ2v) is 5.39. The highest BCUT2D eigenvalue weighted by molar-refractivity contribution is 4.95. The average molecular weight is 197 g/mol. The van der Waals surface area contributed by atoms with E-state index in [2.05, 4.69) is 36.0 Å². The quantitative estimate of drug-likeness (QED) is 0.605. The van der Waals surface area contributed by atoms with Crippen LogP contribution in [0.3, 0.4) is 0 Å². The summed E-state index contributed by atoms with van der Waals surface area (Å²) >= 11 is 0. The number of nitrogens with zero attached hydrogens (tertiary/aromatic N) is 2. The molecule has 0 radical (unpaired) electrons. The Labute approximate surface area is 87.4 Å². The first-order chi connectivity index (χ1) is 6.59. The Morgan fingerprint density at radius 3 is 2.86 bits per heavy atom. The Hall–Kier alpha value is -0.120. The number of hydrogen-bond acceptors (Lipinski definition) is 3. The second kappa shape index (κ2) is 3.80. The van der Waals surface area contributed by atoms with Crippen LogP contribution in [-0.2, 0) is 0 Å². The fourth-order valence-corrected chi connectivity index (χ4v) is 2.82. The molecule has 3 heteroatoms. The van der Waals surface area contributed by atoms with Crippen LogP contribution < -0.4 is 5.32 Å². The first-order valence-corrected chi connectivity index (χ1v) is 5.75. The lowest BCUT2D eigenvalue weighted by Gasteiger charge is -2.47. The van der Waals surface area contributed by atoms with E-state index in [4.69, 9.17) is 0 Å². The second-order valence-electron chi connectivity index (χ2n) is 5.39. The van der Waals surface area contributed by atoms with Crippen LogP contribution in [0.25, 0.3) is 0 Å². The van der Waals surface area contributed by atoms with Crippen LogP contribution >= 0.6 is 0 Å². The van der Waals surface area contributed by atoms with Gasteiger partial charge in [0.1, 0.15) is 0 Å². The highest BCUT2D eigenvalue weighted by atomic mass is 15.3. The van der Waals surface area contributed by atoms with Gasteiger partial charge in [-0.2, -0.15) is 0 Å². The molecule has 2 aliphatic rings. The Bertz CT molecular complexity index is 203. The van der Waals surface area contributed by atoms with Gasteiger partial charge < -0.3 is 10.2 Å².